The normalized spacial score (nSPS) is 11.0. The summed E-state index contributed by atoms with van der Waals surface area (Å²) < 4.78 is 1.75. The number of nitrogens with two attached hydrogens (primary N) is 1. The van der Waals surface area contributed by atoms with E-state index in [9.17, 15) is 5.11 Å². The molecule has 2 aromatic heterocycles. The molecule has 1 aromatic carbocycles. The lowest BCUT2D eigenvalue weighted by Crippen LogP contribution is -2.26. The molecule has 0 saturated carbocycles. The summed E-state index contributed by atoms with van der Waals surface area (Å²) >= 11 is 6.25. The number of fused-ring (bicyclic) bond motifs is 1. The highest BCUT2D eigenvalue weighted by Crippen LogP contribution is 2.36. The number of thiocarbonyl (C=S) groups is 1. The molecule has 5 N–H and O–H groups in total. The Labute approximate surface area is 135 Å². The molecule has 114 valence electrons. The van der Waals surface area contributed by atoms with Gasteiger partial charge in [0.05, 0.1) is 10.7 Å². The number of hydrogen-bond donors (Lipinski definition) is 4. The first-order valence-corrected chi connectivity index (χ1v) is 7.88. The van der Waals surface area contributed by atoms with Crippen LogP contribution in [-0.2, 0) is 6.42 Å². The standard InChI is InChI=1S/C13H14N6OS2/c1-3-9-16-17-13-19(9)18-11(22-13)8-5-7(15-12(14)21)4-6(2)10(8)20/h4-5H,3H2,1-2H3,(H4,14,15,18,20,21)/p+1. The third-order valence-electron chi connectivity index (χ3n) is 3.23. The summed E-state index contributed by atoms with van der Waals surface area (Å²) in [4.78, 5) is 0.747. The molecule has 0 radical (unpaired) electrons. The molecule has 0 aliphatic carbocycles. The molecule has 9 heteroatoms. The number of H-pyrrole nitrogens is 1. The SMILES string of the molecule is CCc1[nH]nc2sc(-c3cc(NC(N)=S)cc(C)c3O)n[n+]12. The van der Waals surface area contributed by atoms with E-state index in [1.807, 2.05) is 13.8 Å². The first-order valence-electron chi connectivity index (χ1n) is 6.66. The molecule has 0 bridgehead atoms. The van der Waals surface area contributed by atoms with Crippen LogP contribution in [0.3, 0.4) is 0 Å². The molecular weight excluding hydrogens is 320 g/mol. The molecule has 3 rings (SSSR count). The molecule has 22 heavy (non-hydrogen) atoms. The second kappa shape index (κ2) is 5.50. The molecule has 7 nitrogen and oxygen atoms in total. The Morgan fingerprint density at radius 1 is 1.55 bits per heavy atom. The van der Waals surface area contributed by atoms with Crippen LogP contribution in [0.1, 0.15) is 18.3 Å². The van der Waals surface area contributed by atoms with Crippen molar-refractivity contribution in [2.24, 2.45) is 5.73 Å². The van der Waals surface area contributed by atoms with Crippen LogP contribution in [0.4, 0.5) is 5.69 Å². The van der Waals surface area contributed by atoms with E-state index in [1.54, 1.807) is 16.6 Å². The fraction of sp³-hybridized carbons (Fsp3) is 0.231. The summed E-state index contributed by atoms with van der Waals surface area (Å²) in [6.07, 6.45) is 0.790. The van der Waals surface area contributed by atoms with Gasteiger partial charge in [-0.05, 0) is 48.2 Å². The summed E-state index contributed by atoms with van der Waals surface area (Å²) in [5, 5.41) is 25.7. The monoisotopic (exact) mass is 335 g/mol. The molecule has 0 fully saturated rings. The molecule has 3 aromatic rings. The van der Waals surface area contributed by atoms with Gasteiger partial charge in [0.15, 0.2) is 10.1 Å². The summed E-state index contributed by atoms with van der Waals surface area (Å²) in [5.41, 5.74) is 7.56. The predicted molar refractivity (Wildman–Crippen MR) is 89.0 cm³/mol. The van der Waals surface area contributed by atoms with Gasteiger partial charge in [0.1, 0.15) is 5.75 Å². The predicted octanol–water partition coefficient (Wildman–Crippen LogP) is 1.50. The Hall–Kier alpha value is -2.26. The number of anilines is 1. The number of hydrogen-bond acceptors (Lipinski definition) is 5. The second-order valence-electron chi connectivity index (χ2n) is 4.80. The van der Waals surface area contributed by atoms with Crippen LogP contribution in [0, 0.1) is 6.92 Å². The van der Waals surface area contributed by atoms with Gasteiger partial charge in [-0.15, -0.1) is 5.10 Å². The second-order valence-corrected chi connectivity index (χ2v) is 6.20. The number of aromatic hydroxyl groups is 1. The molecule has 0 aliphatic rings. The van der Waals surface area contributed by atoms with Gasteiger partial charge < -0.3 is 16.2 Å². The van der Waals surface area contributed by atoms with Crippen LogP contribution in [0.15, 0.2) is 12.1 Å². The zero-order chi connectivity index (χ0) is 15.9. The third kappa shape index (κ3) is 2.48. The first kappa shape index (κ1) is 14.7. The number of aryl methyl sites for hydroxylation is 2. The minimum Gasteiger partial charge on any atom is -0.507 e. The van der Waals surface area contributed by atoms with Crippen molar-refractivity contribution in [3.8, 4) is 16.3 Å². The average molecular weight is 335 g/mol. The molecule has 0 spiro atoms. The van der Waals surface area contributed by atoms with Crippen molar-refractivity contribution in [3.63, 3.8) is 0 Å². The van der Waals surface area contributed by atoms with Crippen LogP contribution in [0.25, 0.3) is 15.5 Å². The maximum Gasteiger partial charge on any atom is 0.384 e. The van der Waals surface area contributed by atoms with Crippen molar-refractivity contribution in [2.45, 2.75) is 20.3 Å². The van der Waals surface area contributed by atoms with E-state index >= 15 is 0 Å². The van der Waals surface area contributed by atoms with Crippen LogP contribution in [-0.4, -0.2) is 25.5 Å². The topological polar surface area (TPSA) is 104 Å². The van der Waals surface area contributed by atoms with E-state index in [0.717, 1.165) is 17.2 Å². The van der Waals surface area contributed by atoms with Crippen LogP contribution in [0.5, 0.6) is 5.75 Å². The maximum absolute atomic E-state index is 10.3. The van der Waals surface area contributed by atoms with Gasteiger partial charge in [-0.1, -0.05) is 16.5 Å². The van der Waals surface area contributed by atoms with Crippen molar-refractivity contribution in [1.29, 1.82) is 0 Å². The van der Waals surface area contributed by atoms with E-state index in [1.165, 1.54) is 11.3 Å². The Kier molecular flexibility index (Phi) is 3.67. The van der Waals surface area contributed by atoms with Gasteiger partial charge in [-0.3, -0.25) is 0 Å². The largest absolute Gasteiger partial charge is 0.507 e. The molecule has 0 aliphatic heterocycles. The molecule has 0 saturated heterocycles. The summed E-state index contributed by atoms with van der Waals surface area (Å²) in [7, 11) is 0. The Balaban J connectivity index is 2.13. The molecular formula is C13H15N6OS2+. The number of benzene rings is 1. The van der Waals surface area contributed by atoms with Gasteiger partial charge in [0.25, 0.3) is 5.82 Å². The van der Waals surface area contributed by atoms with Crippen molar-refractivity contribution in [3.05, 3.63) is 23.5 Å². The highest BCUT2D eigenvalue weighted by atomic mass is 32.1. The zero-order valence-electron chi connectivity index (χ0n) is 12.0. The van der Waals surface area contributed by atoms with E-state index < -0.39 is 0 Å². The lowest BCUT2D eigenvalue weighted by atomic mass is 10.1. The van der Waals surface area contributed by atoms with Crippen molar-refractivity contribution in [1.82, 2.24) is 15.3 Å². The molecule has 0 atom stereocenters. The van der Waals surface area contributed by atoms with E-state index in [2.05, 4.69) is 20.6 Å². The van der Waals surface area contributed by atoms with Gasteiger partial charge in [-0.2, -0.15) is 0 Å². The Morgan fingerprint density at radius 2 is 2.32 bits per heavy atom. The number of aromatic nitrogens is 4. The molecule has 2 heterocycles. The number of nitrogens with one attached hydrogen (secondary N) is 2. The smallest absolute Gasteiger partial charge is 0.384 e. The van der Waals surface area contributed by atoms with Crippen LogP contribution < -0.4 is 15.6 Å². The van der Waals surface area contributed by atoms with E-state index in [-0.39, 0.29) is 10.9 Å². The first-order chi connectivity index (χ1) is 10.5. The fourth-order valence-corrected chi connectivity index (χ4v) is 3.19. The minimum atomic E-state index is 0.174. The highest BCUT2D eigenvalue weighted by Gasteiger charge is 2.21. The lowest BCUT2D eigenvalue weighted by Gasteiger charge is -2.09. The van der Waals surface area contributed by atoms with Gasteiger partial charge >= 0.3 is 4.96 Å². The van der Waals surface area contributed by atoms with Crippen molar-refractivity contribution >= 4 is 39.3 Å². The van der Waals surface area contributed by atoms with Gasteiger partial charge in [-0.25, -0.2) is 0 Å². The van der Waals surface area contributed by atoms with Crippen LogP contribution >= 0.6 is 23.6 Å². The summed E-state index contributed by atoms with van der Waals surface area (Å²) in [6, 6.07) is 3.55. The van der Waals surface area contributed by atoms with E-state index in [0.29, 0.717) is 21.8 Å². The van der Waals surface area contributed by atoms with Gasteiger partial charge in [0, 0.05) is 12.1 Å². The van der Waals surface area contributed by atoms with Crippen molar-refractivity contribution < 1.29 is 9.62 Å². The average Bonchev–Trinajstić information content (AvgIpc) is 3.01. The fourth-order valence-electron chi connectivity index (χ4n) is 2.18. The number of aromatic amines is 1. The lowest BCUT2D eigenvalue weighted by molar-refractivity contribution is -0.583. The number of nitrogens with zero attached hydrogens (tertiary/aromatic N) is 3. The number of phenolic OH excluding ortho intramolecular Hbond substituents is 1. The third-order valence-corrected chi connectivity index (χ3v) is 4.27. The summed E-state index contributed by atoms with van der Waals surface area (Å²) in [6.45, 7) is 3.83. The minimum absolute atomic E-state index is 0.174. The molecule has 0 unspecified atom stereocenters. The number of rotatable bonds is 3. The quantitative estimate of drug-likeness (QED) is 0.328. The van der Waals surface area contributed by atoms with Crippen molar-refractivity contribution in [2.75, 3.05) is 5.32 Å². The maximum atomic E-state index is 10.3. The Bertz CT molecular complexity index is 869. The number of phenols is 1. The van der Waals surface area contributed by atoms with Gasteiger partial charge in [0.2, 0.25) is 0 Å². The highest BCUT2D eigenvalue weighted by molar-refractivity contribution is 7.80. The van der Waals surface area contributed by atoms with Crippen LogP contribution in [0.2, 0.25) is 0 Å². The molecule has 0 amide bonds. The van der Waals surface area contributed by atoms with E-state index in [4.69, 9.17) is 18.0 Å². The summed E-state index contributed by atoms with van der Waals surface area (Å²) in [5.74, 6) is 1.10. The zero-order valence-corrected chi connectivity index (χ0v) is 13.7. The Morgan fingerprint density at radius 3 is 3.00 bits per heavy atom.